The molecule has 4 rings (SSSR count). The van der Waals surface area contributed by atoms with Gasteiger partial charge in [-0.1, -0.05) is 36.4 Å². The Hall–Kier alpha value is -3.13. The molecule has 1 fully saturated rings. The average molecular weight is 436 g/mol. The van der Waals surface area contributed by atoms with Crippen molar-refractivity contribution in [1.82, 2.24) is 19.9 Å². The van der Waals surface area contributed by atoms with Crippen LogP contribution in [0.4, 0.5) is 5.69 Å². The summed E-state index contributed by atoms with van der Waals surface area (Å²) in [6.07, 6.45) is 8.30. The van der Waals surface area contributed by atoms with E-state index in [1.807, 2.05) is 24.3 Å². The van der Waals surface area contributed by atoms with E-state index >= 15 is 0 Å². The molecule has 0 saturated heterocycles. The number of pyridine rings is 1. The Morgan fingerprint density at radius 1 is 1.13 bits per heavy atom. The summed E-state index contributed by atoms with van der Waals surface area (Å²) < 4.78 is 3.84. The first-order chi connectivity index (χ1) is 15.2. The Labute approximate surface area is 185 Å². The fourth-order valence-corrected chi connectivity index (χ4v) is 4.40. The van der Waals surface area contributed by atoms with Gasteiger partial charge in [-0.15, -0.1) is 5.10 Å². The maximum absolute atomic E-state index is 13.6. The third-order valence-electron chi connectivity index (χ3n) is 5.65. The highest BCUT2D eigenvalue weighted by Crippen LogP contribution is 2.30. The number of nitrogens with zero attached hydrogens (tertiary/aromatic N) is 4. The highest BCUT2D eigenvalue weighted by Gasteiger charge is 2.35. The molecule has 160 valence electrons. The van der Waals surface area contributed by atoms with Crippen LogP contribution in [-0.2, 0) is 11.2 Å². The summed E-state index contributed by atoms with van der Waals surface area (Å²) in [4.78, 5) is 32.7. The zero-order valence-electron chi connectivity index (χ0n) is 17.4. The normalized spacial score (nSPS) is 14.9. The Kier molecular flexibility index (Phi) is 6.66. The molecule has 1 aliphatic rings. The summed E-state index contributed by atoms with van der Waals surface area (Å²) in [5.74, 6) is -0.560. The number of aryl methyl sites for hydroxylation is 1. The van der Waals surface area contributed by atoms with Crippen molar-refractivity contribution in [2.45, 2.75) is 51.1 Å². The van der Waals surface area contributed by atoms with Gasteiger partial charge in [-0.3, -0.25) is 19.5 Å². The lowest BCUT2D eigenvalue weighted by atomic mass is 10.0. The van der Waals surface area contributed by atoms with Crippen molar-refractivity contribution in [1.29, 1.82) is 0 Å². The molecule has 3 aromatic rings. The van der Waals surface area contributed by atoms with Crippen molar-refractivity contribution in [3.05, 3.63) is 71.0 Å². The molecular weight excluding hydrogens is 410 g/mol. The molecule has 0 unspecified atom stereocenters. The Morgan fingerprint density at radius 3 is 2.45 bits per heavy atom. The molecule has 7 nitrogen and oxygen atoms in total. The Morgan fingerprint density at radius 2 is 1.84 bits per heavy atom. The minimum atomic E-state index is -0.842. The summed E-state index contributed by atoms with van der Waals surface area (Å²) in [6.45, 7) is 2.08. The number of benzene rings is 1. The van der Waals surface area contributed by atoms with E-state index in [9.17, 15) is 9.59 Å². The summed E-state index contributed by atoms with van der Waals surface area (Å²) in [5, 5.41) is 8.74. The summed E-state index contributed by atoms with van der Waals surface area (Å²) in [6, 6.07) is 10.6. The van der Waals surface area contributed by atoms with Crippen LogP contribution in [-0.4, -0.2) is 32.4 Å². The molecule has 1 atom stereocenters. The molecule has 31 heavy (non-hydrogen) atoms. The van der Waals surface area contributed by atoms with Gasteiger partial charge in [0.05, 0.1) is 0 Å². The molecule has 0 spiro atoms. The van der Waals surface area contributed by atoms with Crippen LogP contribution in [0.2, 0.25) is 0 Å². The molecule has 0 bridgehead atoms. The molecule has 2 amide bonds. The monoisotopic (exact) mass is 435 g/mol. The van der Waals surface area contributed by atoms with Gasteiger partial charge in [0.1, 0.15) is 6.04 Å². The number of aromatic nitrogens is 3. The van der Waals surface area contributed by atoms with Crippen molar-refractivity contribution >= 4 is 29.0 Å². The minimum absolute atomic E-state index is 0.136. The third-order valence-corrected chi connectivity index (χ3v) is 6.16. The molecule has 2 aromatic heterocycles. The molecule has 0 radical (unpaired) electrons. The van der Waals surface area contributed by atoms with Gasteiger partial charge < -0.3 is 5.32 Å². The van der Waals surface area contributed by atoms with Crippen molar-refractivity contribution in [3.63, 3.8) is 0 Å². The molecule has 1 saturated carbocycles. The molecule has 8 heteroatoms. The van der Waals surface area contributed by atoms with Gasteiger partial charge >= 0.3 is 0 Å². The van der Waals surface area contributed by atoms with E-state index in [0.717, 1.165) is 49.2 Å². The number of hydrogen-bond donors (Lipinski definition) is 1. The lowest BCUT2D eigenvalue weighted by Gasteiger charge is -2.31. The first-order valence-electron chi connectivity index (χ1n) is 10.6. The van der Waals surface area contributed by atoms with Gasteiger partial charge in [0.15, 0.2) is 5.69 Å². The van der Waals surface area contributed by atoms with Crippen molar-refractivity contribution < 1.29 is 9.59 Å². The summed E-state index contributed by atoms with van der Waals surface area (Å²) in [5.41, 5.74) is 2.71. The van der Waals surface area contributed by atoms with Gasteiger partial charge in [0.2, 0.25) is 5.91 Å². The maximum atomic E-state index is 13.6. The van der Waals surface area contributed by atoms with Crippen molar-refractivity contribution in [3.8, 4) is 0 Å². The van der Waals surface area contributed by atoms with Crippen LogP contribution < -0.4 is 10.2 Å². The van der Waals surface area contributed by atoms with Gasteiger partial charge in [-0.2, -0.15) is 0 Å². The summed E-state index contributed by atoms with van der Waals surface area (Å²) in [7, 11) is 0. The van der Waals surface area contributed by atoms with Crippen LogP contribution >= 0.6 is 11.5 Å². The standard InChI is InChI=1S/C23H25N5O2S/c1-2-16-7-9-19(10-8-16)28(23(30)20-15-31-27-26-20)21(17-11-13-24-14-12-17)22(29)25-18-5-3-4-6-18/h7-15,18,21H,2-6H2,1H3,(H,25,29)/t21-/m0/s1. The zero-order chi connectivity index (χ0) is 21.6. The Bertz CT molecular complexity index is 1000. The molecule has 1 N–H and O–H groups in total. The number of rotatable bonds is 7. The van der Waals surface area contributed by atoms with E-state index in [4.69, 9.17) is 0 Å². The second kappa shape index (κ2) is 9.78. The molecule has 1 aromatic carbocycles. The predicted octanol–water partition coefficient (Wildman–Crippen LogP) is 3.94. The highest BCUT2D eigenvalue weighted by molar-refractivity contribution is 7.03. The smallest absolute Gasteiger partial charge is 0.280 e. The average Bonchev–Trinajstić information content (AvgIpc) is 3.52. The van der Waals surface area contributed by atoms with Gasteiger partial charge in [-0.05, 0) is 66.2 Å². The summed E-state index contributed by atoms with van der Waals surface area (Å²) >= 11 is 1.11. The van der Waals surface area contributed by atoms with Crippen LogP contribution in [0.15, 0.2) is 54.2 Å². The van der Waals surface area contributed by atoms with E-state index in [0.29, 0.717) is 11.3 Å². The predicted molar refractivity (Wildman–Crippen MR) is 120 cm³/mol. The molecule has 1 aliphatic carbocycles. The van der Waals surface area contributed by atoms with Crippen LogP contribution in [0.25, 0.3) is 0 Å². The SMILES string of the molecule is CCc1ccc(N(C(=O)c2csnn2)[C@H](C(=O)NC2CCCC2)c2ccncc2)cc1. The fraction of sp³-hybridized carbons (Fsp3) is 0.348. The largest absolute Gasteiger partial charge is 0.351 e. The molecular formula is C23H25N5O2S. The van der Waals surface area contributed by atoms with E-state index in [-0.39, 0.29) is 23.6 Å². The number of carbonyl (C=O) groups excluding carboxylic acids is 2. The third kappa shape index (κ3) is 4.80. The number of hydrogen-bond acceptors (Lipinski definition) is 6. The van der Waals surface area contributed by atoms with E-state index in [2.05, 4.69) is 26.8 Å². The van der Waals surface area contributed by atoms with Crippen molar-refractivity contribution in [2.24, 2.45) is 0 Å². The molecule has 2 heterocycles. The second-order valence-electron chi connectivity index (χ2n) is 7.66. The van der Waals surface area contributed by atoms with Crippen molar-refractivity contribution in [2.75, 3.05) is 4.90 Å². The lowest BCUT2D eigenvalue weighted by Crippen LogP contribution is -2.46. The highest BCUT2D eigenvalue weighted by atomic mass is 32.1. The quantitative estimate of drug-likeness (QED) is 0.607. The Balaban J connectivity index is 1.77. The fourth-order valence-electron chi connectivity index (χ4n) is 3.97. The molecule has 0 aliphatic heterocycles. The van der Waals surface area contributed by atoms with E-state index in [1.54, 1.807) is 29.9 Å². The number of nitrogens with one attached hydrogen (secondary N) is 1. The maximum Gasteiger partial charge on any atom is 0.280 e. The van der Waals surface area contributed by atoms with Crippen LogP contribution in [0.1, 0.15) is 60.3 Å². The van der Waals surface area contributed by atoms with Gasteiger partial charge in [-0.25, -0.2) is 0 Å². The van der Waals surface area contributed by atoms with Crippen LogP contribution in [0.5, 0.6) is 0 Å². The van der Waals surface area contributed by atoms with Crippen LogP contribution in [0, 0.1) is 0 Å². The number of carbonyl (C=O) groups is 2. The first-order valence-corrected chi connectivity index (χ1v) is 11.4. The first kappa shape index (κ1) is 21.1. The number of amides is 2. The zero-order valence-corrected chi connectivity index (χ0v) is 18.2. The van der Waals surface area contributed by atoms with Crippen LogP contribution in [0.3, 0.4) is 0 Å². The topological polar surface area (TPSA) is 88.1 Å². The minimum Gasteiger partial charge on any atom is -0.351 e. The van der Waals surface area contributed by atoms with E-state index in [1.165, 1.54) is 4.90 Å². The van der Waals surface area contributed by atoms with Gasteiger partial charge in [0.25, 0.3) is 5.91 Å². The van der Waals surface area contributed by atoms with E-state index < -0.39 is 6.04 Å². The van der Waals surface area contributed by atoms with Gasteiger partial charge in [0, 0.05) is 29.5 Å². The second-order valence-corrected chi connectivity index (χ2v) is 8.27. The lowest BCUT2D eigenvalue weighted by molar-refractivity contribution is -0.123. The number of anilines is 1.